The molecule has 0 saturated carbocycles. The van der Waals surface area contributed by atoms with Crippen LogP contribution in [-0.4, -0.2) is 31.3 Å². The van der Waals surface area contributed by atoms with E-state index in [0.717, 1.165) is 0 Å². The normalized spacial score (nSPS) is 11.8. The van der Waals surface area contributed by atoms with E-state index in [4.69, 9.17) is 5.11 Å². The fourth-order valence-corrected chi connectivity index (χ4v) is 0.316. The molecule has 6 nitrogen and oxygen atoms in total. The van der Waals surface area contributed by atoms with E-state index in [-0.39, 0.29) is 6.61 Å². The summed E-state index contributed by atoms with van der Waals surface area (Å²) < 4.78 is 31.8. The van der Waals surface area contributed by atoms with Gasteiger partial charge in [-0.2, -0.15) is 0 Å². The van der Waals surface area contributed by atoms with Crippen molar-refractivity contribution in [1.82, 2.24) is 0 Å². The Morgan fingerprint density at radius 3 is 2.44 bits per heavy atom. The lowest BCUT2D eigenvalue weighted by Crippen LogP contribution is -2.07. The molecule has 0 aromatic heterocycles. The van der Waals surface area contributed by atoms with Crippen molar-refractivity contribution in [2.24, 2.45) is 0 Å². The van der Waals surface area contributed by atoms with Crippen LogP contribution in [0.5, 0.6) is 0 Å². The van der Waals surface area contributed by atoms with Crippen LogP contribution in [0.15, 0.2) is 0 Å². The highest BCUT2D eigenvalue weighted by Crippen LogP contribution is 1.85. The van der Waals surface area contributed by atoms with Crippen LogP contribution in [0.4, 0.5) is 0 Å². The second-order valence-corrected chi connectivity index (χ2v) is 1.97. The molecule has 0 saturated heterocycles. The van der Waals surface area contributed by atoms with Crippen molar-refractivity contribution in [2.45, 2.75) is 0 Å². The van der Waals surface area contributed by atoms with Crippen molar-refractivity contribution >= 4 is 10.4 Å². The Balaban J connectivity index is 3.30. The van der Waals surface area contributed by atoms with Crippen molar-refractivity contribution in [1.29, 1.82) is 0 Å². The van der Waals surface area contributed by atoms with Crippen molar-refractivity contribution in [3.8, 4) is 0 Å². The summed E-state index contributed by atoms with van der Waals surface area (Å²) >= 11 is 0. The lowest BCUT2D eigenvalue weighted by Gasteiger charge is -2.03. The minimum atomic E-state index is -4.78. The average molecular weight is 157 g/mol. The molecule has 0 aliphatic heterocycles. The SMILES string of the molecule is O=S(=O)([O-])OOCCO. The minimum Gasteiger partial charge on any atom is -0.724 e. The molecular weight excluding hydrogens is 152 g/mol. The van der Waals surface area contributed by atoms with Gasteiger partial charge < -0.3 is 9.66 Å². The predicted molar refractivity (Wildman–Crippen MR) is 23.8 cm³/mol. The van der Waals surface area contributed by atoms with E-state index in [2.05, 4.69) is 9.22 Å². The summed E-state index contributed by atoms with van der Waals surface area (Å²) in [6.45, 7) is -0.753. The molecule has 0 unspecified atom stereocenters. The maximum atomic E-state index is 9.52. The molecule has 7 heteroatoms. The monoisotopic (exact) mass is 157 g/mol. The smallest absolute Gasteiger partial charge is 0.245 e. The van der Waals surface area contributed by atoms with Crippen molar-refractivity contribution < 1.29 is 27.3 Å². The maximum Gasteiger partial charge on any atom is 0.245 e. The summed E-state index contributed by atoms with van der Waals surface area (Å²) in [5.41, 5.74) is 0. The van der Waals surface area contributed by atoms with Crippen molar-refractivity contribution in [2.75, 3.05) is 13.2 Å². The van der Waals surface area contributed by atoms with Gasteiger partial charge in [-0.05, 0) is 0 Å². The van der Waals surface area contributed by atoms with E-state index >= 15 is 0 Å². The van der Waals surface area contributed by atoms with Gasteiger partial charge in [0, 0.05) is 0 Å². The van der Waals surface area contributed by atoms with Gasteiger partial charge in [-0.1, -0.05) is 0 Å². The summed E-state index contributed by atoms with van der Waals surface area (Å²) in [5.74, 6) is 0. The van der Waals surface area contributed by atoms with Gasteiger partial charge in [0.2, 0.25) is 10.4 Å². The van der Waals surface area contributed by atoms with Crippen LogP contribution in [0.2, 0.25) is 0 Å². The van der Waals surface area contributed by atoms with Crippen LogP contribution in [0.3, 0.4) is 0 Å². The van der Waals surface area contributed by atoms with Crippen LogP contribution in [0, 0.1) is 0 Å². The number of aliphatic hydroxyl groups excluding tert-OH is 1. The molecule has 0 rings (SSSR count). The Morgan fingerprint density at radius 1 is 1.56 bits per heavy atom. The third-order valence-corrected chi connectivity index (χ3v) is 0.569. The van der Waals surface area contributed by atoms with Gasteiger partial charge >= 0.3 is 0 Å². The Morgan fingerprint density at radius 2 is 2.11 bits per heavy atom. The van der Waals surface area contributed by atoms with Gasteiger partial charge in [-0.15, -0.1) is 4.33 Å². The minimum absolute atomic E-state index is 0.346. The van der Waals surface area contributed by atoms with Crippen LogP contribution in [-0.2, 0) is 19.6 Å². The zero-order valence-electron chi connectivity index (χ0n) is 4.31. The second-order valence-electron chi connectivity index (χ2n) is 1.02. The summed E-state index contributed by atoms with van der Waals surface area (Å²) in [6.07, 6.45) is 0. The molecule has 0 atom stereocenters. The molecule has 0 aromatic rings. The first kappa shape index (κ1) is 8.79. The lowest BCUT2D eigenvalue weighted by atomic mass is 10.8. The van der Waals surface area contributed by atoms with Crippen LogP contribution >= 0.6 is 0 Å². The predicted octanol–water partition coefficient (Wildman–Crippen LogP) is -1.61. The van der Waals surface area contributed by atoms with E-state index in [1.807, 2.05) is 0 Å². The zero-order chi connectivity index (χ0) is 7.33. The summed E-state index contributed by atoms with van der Waals surface area (Å²) in [4.78, 5) is 3.70. The third kappa shape index (κ3) is 7.79. The van der Waals surface area contributed by atoms with Crippen molar-refractivity contribution in [3.05, 3.63) is 0 Å². The van der Waals surface area contributed by atoms with E-state index in [1.165, 1.54) is 0 Å². The fourth-order valence-electron chi connectivity index (χ4n) is 0.130. The molecule has 0 bridgehead atoms. The second kappa shape index (κ2) is 3.75. The fraction of sp³-hybridized carbons (Fsp3) is 1.00. The molecule has 0 fully saturated rings. The Hall–Kier alpha value is -0.210. The van der Waals surface area contributed by atoms with Gasteiger partial charge in [0.05, 0.1) is 6.61 Å². The molecule has 56 valence electrons. The molecule has 0 spiro atoms. The molecule has 0 radical (unpaired) electrons. The molecule has 9 heavy (non-hydrogen) atoms. The highest BCUT2D eigenvalue weighted by Gasteiger charge is 1.92. The molecular formula is C2H5O6S-. The largest absolute Gasteiger partial charge is 0.724 e. The topological polar surface area (TPSA) is 95.9 Å². The van der Waals surface area contributed by atoms with E-state index in [1.54, 1.807) is 0 Å². The highest BCUT2D eigenvalue weighted by molar-refractivity contribution is 7.80. The first-order chi connectivity index (χ1) is 4.06. The third-order valence-electron chi connectivity index (χ3n) is 0.306. The number of hydrogen-bond donors (Lipinski definition) is 1. The van der Waals surface area contributed by atoms with Gasteiger partial charge in [-0.25, -0.2) is 13.3 Å². The molecule has 0 aliphatic carbocycles. The van der Waals surface area contributed by atoms with Crippen LogP contribution < -0.4 is 0 Å². The Labute approximate surface area is 51.9 Å². The Kier molecular flexibility index (Phi) is 3.66. The first-order valence-electron chi connectivity index (χ1n) is 1.94. The van der Waals surface area contributed by atoms with Gasteiger partial charge in [0.25, 0.3) is 0 Å². The number of aliphatic hydroxyl groups is 1. The van der Waals surface area contributed by atoms with Crippen LogP contribution in [0.25, 0.3) is 0 Å². The molecule has 0 amide bonds. The first-order valence-corrected chi connectivity index (χ1v) is 3.27. The average Bonchev–Trinajstić information content (AvgIpc) is 1.63. The van der Waals surface area contributed by atoms with E-state index in [0.29, 0.717) is 0 Å². The molecule has 1 N–H and O–H groups in total. The van der Waals surface area contributed by atoms with Crippen LogP contribution in [0.1, 0.15) is 0 Å². The zero-order valence-corrected chi connectivity index (χ0v) is 5.13. The maximum absolute atomic E-state index is 9.52. The number of hydrogen-bond acceptors (Lipinski definition) is 6. The van der Waals surface area contributed by atoms with Gasteiger partial charge in [0.1, 0.15) is 6.61 Å². The van der Waals surface area contributed by atoms with Gasteiger partial charge in [-0.3, -0.25) is 0 Å². The molecule has 0 heterocycles. The number of rotatable bonds is 4. The quantitative estimate of drug-likeness (QED) is 0.173. The standard InChI is InChI=1S/C2H6O6S/c3-1-2-7-8-9(4,5)6/h3H,1-2H2,(H,4,5,6)/p-1. The van der Waals surface area contributed by atoms with Gasteiger partial charge in [0.15, 0.2) is 0 Å². The molecule has 0 aliphatic rings. The Bertz CT molecular complexity index is 146. The van der Waals surface area contributed by atoms with Crippen molar-refractivity contribution in [3.63, 3.8) is 0 Å². The summed E-state index contributed by atoms with van der Waals surface area (Å²) in [6, 6.07) is 0. The summed E-state index contributed by atoms with van der Waals surface area (Å²) in [7, 11) is -4.78. The molecule has 0 aromatic carbocycles. The summed E-state index contributed by atoms with van der Waals surface area (Å²) in [5, 5.41) is 7.96. The van der Waals surface area contributed by atoms with E-state index in [9.17, 15) is 13.0 Å². The van der Waals surface area contributed by atoms with E-state index < -0.39 is 17.0 Å². The highest BCUT2D eigenvalue weighted by atomic mass is 32.3. The lowest BCUT2D eigenvalue weighted by molar-refractivity contribution is -0.213.